The van der Waals surface area contributed by atoms with Crippen molar-refractivity contribution in [3.05, 3.63) is 125 Å². The van der Waals surface area contributed by atoms with Crippen molar-refractivity contribution in [3.63, 3.8) is 0 Å². The number of aromatic hydroxyl groups is 1. The number of nitrogens with two attached hydrogens (primary N) is 1. The third kappa shape index (κ3) is 11.6. The van der Waals surface area contributed by atoms with Gasteiger partial charge in [-0.05, 0) is 109 Å². The summed E-state index contributed by atoms with van der Waals surface area (Å²) < 4.78 is 5.33. The highest BCUT2D eigenvalue weighted by Crippen LogP contribution is 2.25. The number of aryl methyl sites for hydroxylation is 1. The Morgan fingerprint density at radius 2 is 1.42 bits per heavy atom. The number of carbonyl (C=O) groups excluding carboxylic acids is 4. The van der Waals surface area contributed by atoms with Crippen molar-refractivity contribution in [3.8, 4) is 11.5 Å². The maximum absolute atomic E-state index is 14.3. The SMILES string of the molecule is COc1ccc2c(CCNC(=O)[C@H](Cc3ccncc3)NC(=O)[C@H](Cc3ccc(Cl)cc3)NC(=O)[C@H](CCc3c[nH]c4ccc(O)cc34)NC(=O)CCCN)c[nH]c2c1. The van der Waals surface area contributed by atoms with Crippen molar-refractivity contribution >= 4 is 57.0 Å². The minimum absolute atomic E-state index is 0.0687. The fourth-order valence-corrected chi connectivity index (χ4v) is 7.11. The van der Waals surface area contributed by atoms with E-state index in [0.717, 1.165) is 44.2 Å². The number of nitrogens with zero attached hydrogens (tertiary/aromatic N) is 1. The number of aromatic amines is 2. The average Bonchev–Trinajstić information content (AvgIpc) is 3.84. The number of H-pyrrole nitrogens is 2. The zero-order valence-electron chi connectivity index (χ0n) is 32.7. The lowest BCUT2D eigenvalue weighted by atomic mass is 10.0. The molecule has 0 unspecified atom stereocenters. The van der Waals surface area contributed by atoms with Crippen LogP contribution >= 0.6 is 11.6 Å². The number of fused-ring (bicyclic) bond motifs is 2. The van der Waals surface area contributed by atoms with Gasteiger partial charge in [-0.1, -0.05) is 23.7 Å². The molecule has 6 aromatic rings. The number of amides is 4. The van der Waals surface area contributed by atoms with E-state index < -0.39 is 35.8 Å². The molecule has 15 heteroatoms. The second-order valence-electron chi connectivity index (χ2n) is 14.4. The van der Waals surface area contributed by atoms with Crippen LogP contribution in [0.15, 0.2) is 97.6 Å². The van der Waals surface area contributed by atoms with Gasteiger partial charge in [0.25, 0.3) is 0 Å². The number of carbonyl (C=O) groups is 4. The first-order chi connectivity index (χ1) is 28.6. The lowest BCUT2D eigenvalue weighted by molar-refractivity contribution is -0.133. The van der Waals surface area contributed by atoms with Crippen LogP contribution < -0.4 is 31.7 Å². The Kier molecular flexibility index (Phi) is 14.6. The van der Waals surface area contributed by atoms with Crippen LogP contribution in [0.3, 0.4) is 0 Å². The Morgan fingerprint density at radius 1 is 0.763 bits per heavy atom. The molecule has 0 aliphatic heterocycles. The smallest absolute Gasteiger partial charge is 0.243 e. The highest BCUT2D eigenvalue weighted by Gasteiger charge is 2.30. The number of methoxy groups -OCH3 is 1. The molecule has 3 heterocycles. The summed E-state index contributed by atoms with van der Waals surface area (Å²) in [6, 6.07) is 18.0. The molecule has 308 valence electrons. The molecule has 14 nitrogen and oxygen atoms in total. The van der Waals surface area contributed by atoms with E-state index in [-0.39, 0.29) is 37.3 Å². The molecule has 0 saturated heterocycles. The van der Waals surface area contributed by atoms with E-state index in [9.17, 15) is 24.3 Å². The summed E-state index contributed by atoms with van der Waals surface area (Å²) in [5.74, 6) is -1.09. The topological polar surface area (TPSA) is 216 Å². The minimum atomic E-state index is -1.15. The van der Waals surface area contributed by atoms with Gasteiger partial charge in [-0.25, -0.2) is 0 Å². The van der Waals surface area contributed by atoms with Gasteiger partial charge in [-0.3, -0.25) is 24.2 Å². The van der Waals surface area contributed by atoms with Crippen molar-refractivity contribution in [2.45, 2.75) is 63.1 Å². The van der Waals surface area contributed by atoms with Crippen molar-refractivity contribution < 1.29 is 29.0 Å². The highest BCUT2D eigenvalue weighted by molar-refractivity contribution is 6.30. The molecule has 0 spiro atoms. The number of hydrogen-bond acceptors (Lipinski definition) is 8. The van der Waals surface area contributed by atoms with Crippen molar-refractivity contribution in [2.75, 3.05) is 20.2 Å². The van der Waals surface area contributed by atoms with E-state index in [0.29, 0.717) is 42.9 Å². The van der Waals surface area contributed by atoms with Crippen molar-refractivity contribution in [1.29, 1.82) is 0 Å². The number of phenols is 1. The molecule has 6 rings (SSSR count). The van der Waals surface area contributed by atoms with Gasteiger partial charge in [-0.2, -0.15) is 0 Å². The fraction of sp³-hybridized carbons (Fsp3) is 0.295. The van der Waals surface area contributed by atoms with E-state index in [2.05, 4.69) is 36.2 Å². The van der Waals surface area contributed by atoms with Crippen LogP contribution in [0, 0.1) is 0 Å². The van der Waals surface area contributed by atoms with Crippen molar-refractivity contribution in [2.24, 2.45) is 5.73 Å². The molecule has 59 heavy (non-hydrogen) atoms. The summed E-state index contributed by atoms with van der Waals surface area (Å²) in [5.41, 5.74) is 10.7. The van der Waals surface area contributed by atoms with Crippen LogP contribution in [0.25, 0.3) is 21.8 Å². The number of phenolic OH excluding ortho intramolecular Hbond substituents is 1. The number of aromatic nitrogens is 3. The van der Waals surface area contributed by atoms with Gasteiger partial charge in [0.1, 0.15) is 29.6 Å². The van der Waals surface area contributed by atoms with Gasteiger partial charge in [0.2, 0.25) is 23.6 Å². The third-order valence-corrected chi connectivity index (χ3v) is 10.4. The quantitative estimate of drug-likeness (QED) is 0.0552. The van der Waals surface area contributed by atoms with E-state index in [1.54, 1.807) is 80.3 Å². The molecule has 0 radical (unpaired) electrons. The Morgan fingerprint density at radius 3 is 2.14 bits per heavy atom. The fourth-order valence-electron chi connectivity index (χ4n) is 6.99. The number of benzene rings is 3. The molecule has 9 N–H and O–H groups in total. The van der Waals surface area contributed by atoms with Crippen molar-refractivity contribution in [1.82, 2.24) is 36.2 Å². The molecule has 0 aliphatic carbocycles. The first-order valence-corrected chi connectivity index (χ1v) is 19.9. The predicted octanol–water partition coefficient (Wildman–Crippen LogP) is 4.38. The summed E-state index contributed by atoms with van der Waals surface area (Å²) in [6.07, 6.45) is 8.80. The van der Waals surface area contributed by atoms with E-state index >= 15 is 0 Å². The molecular formula is C44H49ClN8O6. The van der Waals surface area contributed by atoms with Gasteiger partial charge < -0.3 is 46.8 Å². The number of halogens is 1. The second kappa shape index (κ2) is 20.4. The summed E-state index contributed by atoms with van der Waals surface area (Å²) in [5, 5.41) is 24.1. The lowest BCUT2D eigenvalue weighted by Crippen LogP contribution is -2.58. The summed E-state index contributed by atoms with van der Waals surface area (Å²) in [6.45, 7) is 0.604. The van der Waals surface area contributed by atoms with Crippen LogP contribution in [-0.2, 0) is 44.9 Å². The predicted molar refractivity (Wildman–Crippen MR) is 227 cm³/mol. The zero-order valence-corrected chi connectivity index (χ0v) is 33.5. The number of rotatable bonds is 20. The average molecular weight is 821 g/mol. The van der Waals surface area contributed by atoms with Gasteiger partial charge in [0.15, 0.2) is 0 Å². The molecule has 0 bridgehead atoms. The summed E-state index contributed by atoms with van der Waals surface area (Å²) in [7, 11) is 1.61. The van der Waals surface area contributed by atoms with E-state index in [4.69, 9.17) is 22.1 Å². The van der Waals surface area contributed by atoms with Gasteiger partial charge in [0.05, 0.1) is 7.11 Å². The first kappa shape index (κ1) is 42.2. The summed E-state index contributed by atoms with van der Waals surface area (Å²) >= 11 is 6.17. The van der Waals surface area contributed by atoms with Crippen LogP contribution in [-0.4, -0.2) is 82.0 Å². The molecule has 3 aromatic carbocycles. The lowest BCUT2D eigenvalue weighted by Gasteiger charge is -2.26. The molecular weight excluding hydrogens is 772 g/mol. The van der Waals surface area contributed by atoms with Gasteiger partial charge >= 0.3 is 0 Å². The number of nitrogens with one attached hydrogen (secondary N) is 6. The number of pyridine rings is 1. The molecule has 0 saturated carbocycles. The maximum Gasteiger partial charge on any atom is 0.243 e. The van der Waals surface area contributed by atoms with Crippen LogP contribution in [0.1, 0.15) is 41.5 Å². The van der Waals surface area contributed by atoms with Crippen LogP contribution in [0.4, 0.5) is 0 Å². The minimum Gasteiger partial charge on any atom is -0.508 e. The number of ether oxygens (including phenoxy) is 1. The molecule has 3 aromatic heterocycles. The molecule has 0 aliphatic rings. The van der Waals surface area contributed by atoms with Gasteiger partial charge in [0, 0.05) is 83.5 Å². The molecule has 3 atom stereocenters. The zero-order chi connectivity index (χ0) is 41.7. The largest absolute Gasteiger partial charge is 0.508 e. The standard InChI is InChI=1S/C44H49ClN8O6/c1-59-33-10-11-34-30(26-50-38(34)24-33)16-20-48-42(56)39(22-28-14-18-47-19-15-28)52-44(58)40(21-27-4-7-31(45)8-5-27)53-43(57)37(51-41(55)3-2-17-46)12-6-29-25-49-36-13-9-32(54)23-35(29)36/h4-5,7-11,13-15,18-19,23-26,37,39-40,49-50,54H,2-3,6,12,16-17,20-22,46H2,1H3,(H,48,56)(H,51,55)(H,52,58)(H,53,57)/t37-,39-,40-/m0/s1. The Balaban J connectivity index is 1.20. The monoisotopic (exact) mass is 820 g/mol. The Labute approximate surface area is 346 Å². The van der Waals surface area contributed by atoms with E-state index in [1.165, 1.54) is 0 Å². The Hall–Kier alpha value is -6.38. The highest BCUT2D eigenvalue weighted by atomic mass is 35.5. The third-order valence-electron chi connectivity index (χ3n) is 10.2. The van der Waals surface area contributed by atoms with Crippen LogP contribution in [0.5, 0.6) is 11.5 Å². The normalized spacial score (nSPS) is 12.7. The maximum atomic E-state index is 14.3. The molecule has 4 amide bonds. The molecule has 0 fully saturated rings. The van der Waals surface area contributed by atoms with E-state index in [1.807, 2.05) is 24.4 Å². The first-order valence-electron chi connectivity index (χ1n) is 19.5. The van der Waals surface area contributed by atoms with Gasteiger partial charge in [-0.15, -0.1) is 0 Å². The van der Waals surface area contributed by atoms with Crippen LogP contribution in [0.2, 0.25) is 5.02 Å². The Bertz CT molecular complexity index is 2360. The summed E-state index contributed by atoms with van der Waals surface area (Å²) in [4.78, 5) is 65.9. The second-order valence-corrected chi connectivity index (χ2v) is 14.8. The number of hydrogen-bond donors (Lipinski definition) is 8.